The molecule has 0 amide bonds. The van der Waals surface area contributed by atoms with E-state index in [4.69, 9.17) is 22.2 Å². The molecule has 1 atom stereocenters. The number of nitrogens with two attached hydrogens (primary N) is 1. The Morgan fingerprint density at radius 2 is 2.16 bits per heavy atom. The van der Waals surface area contributed by atoms with Crippen molar-refractivity contribution in [3.63, 3.8) is 0 Å². The Balaban J connectivity index is 2.39. The van der Waals surface area contributed by atoms with E-state index >= 15 is 0 Å². The molecule has 0 bridgehead atoms. The van der Waals surface area contributed by atoms with E-state index < -0.39 is 5.82 Å². The van der Waals surface area contributed by atoms with Crippen LogP contribution in [0.15, 0.2) is 36.5 Å². The Kier molecular flexibility index (Phi) is 4.31. The maximum absolute atomic E-state index is 12.9. The minimum Gasteiger partial charge on any atom is -0.495 e. The van der Waals surface area contributed by atoms with Gasteiger partial charge in [0.2, 0.25) is 0 Å². The fourth-order valence-corrected chi connectivity index (χ4v) is 1.96. The number of ether oxygens (including phenoxy) is 1. The summed E-state index contributed by atoms with van der Waals surface area (Å²) in [6, 6.07) is 7.81. The van der Waals surface area contributed by atoms with E-state index in [9.17, 15) is 4.39 Å². The number of nitrogens with zero attached hydrogens (tertiary/aromatic N) is 1. The molecule has 6 heteroatoms. The van der Waals surface area contributed by atoms with E-state index in [1.165, 1.54) is 13.2 Å². The second-order valence-electron chi connectivity index (χ2n) is 3.89. The molecule has 4 nitrogen and oxygen atoms in total. The lowest BCUT2D eigenvalue weighted by molar-refractivity contribution is 0.414. The molecule has 1 aromatic heterocycles. The maximum atomic E-state index is 12.9. The average molecular weight is 282 g/mol. The summed E-state index contributed by atoms with van der Waals surface area (Å²) in [5.74, 6) is 5.69. The van der Waals surface area contributed by atoms with Crippen molar-refractivity contribution in [2.45, 2.75) is 6.04 Å². The molecule has 1 unspecified atom stereocenters. The van der Waals surface area contributed by atoms with Crippen LogP contribution in [0.1, 0.15) is 17.3 Å². The van der Waals surface area contributed by atoms with Crippen LogP contribution in [0.2, 0.25) is 5.02 Å². The second kappa shape index (κ2) is 5.97. The van der Waals surface area contributed by atoms with Gasteiger partial charge in [-0.25, -0.2) is 9.82 Å². The summed E-state index contributed by atoms with van der Waals surface area (Å²) in [7, 11) is 1.53. The first kappa shape index (κ1) is 13.7. The molecule has 3 N–H and O–H groups in total. The molecule has 0 aliphatic carbocycles. The highest BCUT2D eigenvalue weighted by Crippen LogP contribution is 2.29. The molecule has 0 saturated heterocycles. The lowest BCUT2D eigenvalue weighted by Crippen LogP contribution is -2.29. The van der Waals surface area contributed by atoms with E-state index in [0.717, 1.165) is 11.8 Å². The van der Waals surface area contributed by atoms with Gasteiger partial charge in [-0.2, -0.15) is 0 Å². The lowest BCUT2D eigenvalue weighted by atomic mass is 10.0. The number of pyridine rings is 1. The number of hydrogen-bond donors (Lipinski definition) is 2. The van der Waals surface area contributed by atoms with Gasteiger partial charge in [0, 0.05) is 0 Å². The fourth-order valence-electron chi connectivity index (χ4n) is 1.77. The third-order valence-electron chi connectivity index (χ3n) is 2.72. The van der Waals surface area contributed by atoms with Crippen molar-refractivity contribution >= 4 is 11.6 Å². The molecule has 0 aliphatic heterocycles. The Morgan fingerprint density at radius 1 is 1.37 bits per heavy atom. The standard InChI is InChI=1S/C13H13ClFN3O/c1-19-12-6-8(2-4-10(12)14)13(18-16)11-5-3-9(15)7-17-11/h2-7,13,18H,16H2,1H3. The number of hydrogen-bond acceptors (Lipinski definition) is 4. The summed E-state index contributed by atoms with van der Waals surface area (Å²) in [5.41, 5.74) is 4.07. The van der Waals surface area contributed by atoms with Crippen molar-refractivity contribution in [3.8, 4) is 5.75 Å². The third kappa shape index (κ3) is 3.01. The number of nitrogens with one attached hydrogen (secondary N) is 1. The number of rotatable bonds is 4. The van der Waals surface area contributed by atoms with Crippen LogP contribution < -0.4 is 16.0 Å². The van der Waals surface area contributed by atoms with Gasteiger partial charge < -0.3 is 4.74 Å². The predicted octanol–water partition coefficient (Wildman–Crippen LogP) is 2.44. The van der Waals surface area contributed by atoms with E-state index in [1.54, 1.807) is 24.3 Å². The van der Waals surface area contributed by atoms with Crippen LogP contribution >= 0.6 is 11.6 Å². The van der Waals surface area contributed by atoms with E-state index in [-0.39, 0.29) is 6.04 Å². The van der Waals surface area contributed by atoms with Crippen LogP contribution in [0.4, 0.5) is 4.39 Å². The number of aromatic nitrogens is 1. The van der Waals surface area contributed by atoms with Gasteiger partial charge in [-0.3, -0.25) is 10.8 Å². The molecule has 2 aromatic rings. The van der Waals surface area contributed by atoms with Gasteiger partial charge in [0.05, 0.1) is 30.1 Å². The molecule has 100 valence electrons. The van der Waals surface area contributed by atoms with E-state index in [1.807, 2.05) is 0 Å². The largest absolute Gasteiger partial charge is 0.495 e. The van der Waals surface area contributed by atoms with E-state index in [0.29, 0.717) is 16.5 Å². The zero-order valence-corrected chi connectivity index (χ0v) is 11.0. The highest BCUT2D eigenvalue weighted by Gasteiger charge is 2.15. The number of methoxy groups -OCH3 is 1. The molecular formula is C13H13ClFN3O. The SMILES string of the molecule is COc1cc(C(NN)c2ccc(F)cn2)ccc1Cl. The number of benzene rings is 1. The second-order valence-corrected chi connectivity index (χ2v) is 4.30. The van der Waals surface area contributed by atoms with Crippen LogP contribution in [0.3, 0.4) is 0 Å². The van der Waals surface area contributed by atoms with Crippen LogP contribution in [0.5, 0.6) is 5.75 Å². The highest BCUT2D eigenvalue weighted by atomic mass is 35.5. The highest BCUT2D eigenvalue weighted by molar-refractivity contribution is 6.32. The number of hydrazine groups is 1. The quantitative estimate of drug-likeness (QED) is 0.667. The summed E-state index contributed by atoms with van der Waals surface area (Å²) < 4.78 is 18.0. The molecule has 0 fully saturated rings. The molecule has 0 radical (unpaired) electrons. The summed E-state index contributed by atoms with van der Waals surface area (Å²) in [6.07, 6.45) is 1.15. The summed E-state index contributed by atoms with van der Waals surface area (Å²) in [4.78, 5) is 4.01. The van der Waals surface area contributed by atoms with Crippen LogP contribution in [-0.2, 0) is 0 Å². The Bertz CT molecular complexity index is 562. The van der Waals surface area contributed by atoms with Gasteiger partial charge in [0.1, 0.15) is 11.6 Å². The normalized spacial score (nSPS) is 12.2. The van der Waals surface area contributed by atoms with Crippen molar-refractivity contribution in [1.82, 2.24) is 10.4 Å². The van der Waals surface area contributed by atoms with Crippen molar-refractivity contribution in [2.75, 3.05) is 7.11 Å². The Morgan fingerprint density at radius 3 is 2.74 bits per heavy atom. The van der Waals surface area contributed by atoms with Crippen LogP contribution in [0.25, 0.3) is 0 Å². The van der Waals surface area contributed by atoms with Gasteiger partial charge in [0.25, 0.3) is 0 Å². The topological polar surface area (TPSA) is 60.2 Å². The van der Waals surface area contributed by atoms with Gasteiger partial charge in [-0.05, 0) is 29.8 Å². The monoisotopic (exact) mass is 281 g/mol. The van der Waals surface area contributed by atoms with Gasteiger partial charge in [0.15, 0.2) is 0 Å². The minimum atomic E-state index is -0.395. The molecule has 0 saturated carbocycles. The fraction of sp³-hybridized carbons (Fsp3) is 0.154. The van der Waals surface area contributed by atoms with Crippen LogP contribution in [0, 0.1) is 5.82 Å². The molecule has 1 heterocycles. The smallest absolute Gasteiger partial charge is 0.141 e. The van der Waals surface area contributed by atoms with Crippen LogP contribution in [-0.4, -0.2) is 12.1 Å². The lowest BCUT2D eigenvalue weighted by Gasteiger charge is -2.17. The molecule has 0 spiro atoms. The van der Waals surface area contributed by atoms with Gasteiger partial charge in [-0.15, -0.1) is 0 Å². The molecule has 0 aliphatic rings. The zero-order valence-electron chi connectivity index (χ0n) is 10.2. The molecule has 2 rings (SSSR count). The van der Waals surface area contributed by atoms with Crippen molar-refractivity contribution in [3.05, 3.63) is 58.6 Å². The Labute approximate surface area is 115 Å². The minimum absolute atomic E-state index is 0.369. The van der Waals surface area contributed by atoms with E-state index in [2.05, 4.69) is 10.4 Å². The zero-order chi connectivity index (χ0) is 13.8. The Hall–Kier alpha value is -1.69. The summed E-state index contributed by atoms with van der Waals surface area (Å²) >= 11 is 5.97. The maximum Gasteiger partial charge on any atom is 0.141 e. The number of halogens is 2. The predicted molar refractivity (Wildman–Crippen MR) is 71.4 cm³/mol. The molecule has 19 heavy (non-hydrogen) atoms. The molecular weight excluding hydrogens is 269 g/mol. The van der Waals surface area contributed by atoms with Gasteiger partial charge in [-0.1, -0.05) is 17.7 Å². The van der Waals surface area contributed by atoms with Crippen molar-refractivity contribution in [1.29, 1.82) is 0 Å². The summed E-state index contributed by atoms with van der Waals surface area (Å²) in [6.45, 7) is 0. The third-order valence-corrected chi connectivity index (χ3v) is 3.03. The summed E-state index contributed by atoms with van der Waals surface area (Å²) in [5, 5.41) is 0.508. The first-order chi connectivity index (χ1) is 9.15. The first-order valence-corrected chi connectivity index (χ1v) is 5.94. The molecule has 1 aromatic carbocycles. The average Bonchev–Trinajstić information content (AvgIpc) is 2.43. The van der Waals surface area contributed by atoms with Crippen molar-refractivity contribution in [2.24, 2.45) is 5.84 Å². The first-order valence-electron chi connectivity index (χ1n) is 5.56. The van der Waals surface area contributed by atoms with Crippen molar-refractivity contribution < 1.29 is 9.13 Å². The van der Waals surface area contributed by atoms with Gasteiger partial charge >= 0.3 is 0 Å².